The maximum absolute atomic E-state index is 12.7. The van der Waals surface area contributed by atoms with Crippen LogP contribution >= 0.6 is 0 Å². The Bertz CT molecular complexity index is 1140. The van der Waals surface area contributed by atoms with Gasteiger partial charge in [-0.25, -0.2) is 13.1 Å². The van der Waals surface area contributed by atoms with Crippen LogP contribution in [-0.4, -0.2) is 45.5 Å². The molecular formula is C24H24N2O4S. The van der Waals surface area contributed by atoms with Crippen LogP contribution < -0.4 is 4.72 Å². The molecule has 3 aromatic rings. The number of carbonyl (C=O) groups excluding carboxylic acids is 1. The van der Waals surface area contributed by atoms with Gasteiger partial charge < -0.3 is 9.64 Å². The largest absolute Gasteiger partial charge is 0.378 e. The van der Waals surface area contributed by atoms with Crippen LogP contribution in [0.3, 0.4) is 0 Å². The van der Waals surface area contributed by atoms with Crippen molar-refractivity contribution in [2.75, 3.05) is 26.3 Å². The highest BCUT2D eigenvalue weighted by Crippen LogP contribution is 2.21. The van der Waals surface area contributed by atoms with Crippen molar-refractivity contribution in [3.8, 4) is 11.1 Å². The summed E-state index contributed by atoms with van der Waals surface area (Å²) >= 11 is 0. The maximum Gasteiger partial charge on any atom is 0.254 e. The number of sulfonamides is 1. The first-order chi connectivity index (χ1) is 15.0. The molecule has 0 bridgehead atoms. The van der Waals surface area contributed by atoms with Gasteiger partial charge in [0.15, 0.2) is 0 Å². The Morgan fingerprint density at radius 1 is 0.871 bits per heavy atom. The minimum absolute atomic E-state index is 0.0653. The molecule has 0 atom stereocenters. The van der Waals surface area contributed by atoms with Gasteiger partial charge in [0.2, 0.25) is 10.0 Å². The lowest BCUT2D eigenvalue weighted by atomic mass is 10.1. The predicted molar refractivity (Wildman–Crippen MR) is 119 cm³/mol. The Morgan fingerprint density at radius 2 is 1.55 bits per heavy atom. The molecule has 0 spiro atoms. The number of hydrogen-bond acceptors (Lipinski definition) is 4. The number of amides is 1. The summed E-state index contributed by atoms with van der Waals surface area (Å²) in [7, 11) is -3.67. The van der Waals surface area contributed by atoms with Crippen LogP contribution in [0.2, 0.25) is 0 Å². The van der Waals surface area contributed by atoms with Gasteiger partial charge in [0.1, 0.15) is 0 Å². The highest BCUT2D eigenvalue weighted by Gasteiger charge is 2.19. The van der Waals surface area contributed by atoms with E-state index in [0.717, 1.165) is 16.7 Å². The van der Waals surface area contributed by atoms with Crippen molar-refractivity contribution in [1.29, 1.82) is 0 Å². The fourth-order valence-corrected chi connectivity index (χ4v) is 4.50. The van der Waals surface area contributed by atoms with E-state index in [1.54, 1.807) is 53.4 Å². The Morgan fingerprint density at radius 3 is 2.26 bits per heavy atom. The molecule has 1 fully saturated rings. The Hall–Kier alpha value is -3.00. The van der Waals surface area contributed by atoms with Crippen molar-refractivity contribution in [1.82, 2.24) is 9.62 Å². The van der Waals surface area contributed by atoms with E-state index in [9.17, 15) is 13.2 Å². The van der Waals surface area contributed by atoms with E-state index in [0.29, 0.717) is 31.9 Å². The number of hydrogen-bond donors (Lipinski definition) is 1. The number of ether oxygens (including phenoxy) is 1. The molecule has 0 radical (unpaired) electrons. The van der Waals surface area contributed by atoms with Crippen LogP contribution in [0.4, 0.5) is 0 Å². The van der Waals surface area contributed by atoms with Crippen LogP contribution in [0.5, 0.6) is 0 Å². The van der Waals surface area contributed by atoms with Crippen molar-refractivity contribution < 1.29 is 17.9 Å². The number of nitrogens with zero attached hydrogens (tertiary/aromatic N) is 1. The van der Waals surface area contributed by atoms with Crippen LogP contribution in [0.15, 0.2) is 83.8 Å². The average Bonchev–Trinajstić information content (AvgIpc) is 2.84. The zero-order valence-electron chi connectivity index (χ0n) is 17.0. The van der Waals surface area contributed by atoms with Gasteiger partial charge in [0.25, 0.3) is 5.91 Å². The lowest BCUT2D eigenvalue weighted by Gasteiger charge is -2.27. The second-order valence-corrected chi connectivity index (χ2v) is 9.09. The summed E-state index contributed by atoms with van der Waals surface area (Å²) in [6.07, 6.45) is 0. The third kappa shape index (κ3) is 5.19. The van der Waals surface area contributed by atoms with Gasteiger partial charge in [-0.15, -0.1) is 0 Å². The first-order valence-electron chi connectivity index (χ1n) is 10.1. The van der Waals surface area contributed by atoms with E-state index in [-0.39, 0.29) is 17.3 Å². The summed E-state index contributed by atoms with van der Waals surface area (Å²) in [6, 6.07) is 23.6. The summed E-state index contributed by atoms with van der Waals surface area (Å²) < 4.78 is 33.4. The van der Waals surface area contributed by atoms with Gasteiger partial charge in [-0.05, 0) is 41.0 Å². The molecule has 1 amide bonds. The van der Waals surface area contributed by atoms with Crippen LogP contribution in [0, 0.1) is 0 Å². The fourth-order valence-electron chi connectivity index (χ4n) is 3.48. The molecule has 1 aliphatic rings. The van der Waals surface area contributed by atoms with Crippen LogP contribution in [0.25, 0.3) is 11.1 Å². The lowest BCUT2D eigenvalue weighted by molar-refractivity contribution is 0.0303. The quantitative estimate of drug-likeness (QED) is 0.643. The molecule has 0 aromatic heterocycles. The molecule has 0 aliphatic carbocycles. The molecule has 1 heterocycles. The third-order valence-electron chi connectivity index (χ3n) is 5.21. The highest BCUT2D eigenvalue weighted by molar-refractivity contribution is 7.89. The van der Waals surface area contributed by atoms with Gasteiger partial charge >= 0.3 is 0 Å². The summed E-state index contributed by atoms with van der Waals surface area (Å²) in [6.45, 7) is 2.30. The summed E-state index contributed by atoms with van der Waals surface area (Å²) in [5, 5.41) is 0. The molecule has 0 saturated carbocycles. The number of rotatable bonds is 6. The van der Waals surface area contributed by atoms with Crippen LogP contribution in [-0.2, 0) is 21.3 Å². The number of carbonyl (C=O) groups is 1. The summed E-state index contributed by atoms with van der Waals surface area (Å²) in [5.41, 5.74) is 3.25. The normalized spacial score (nSPS) is 14.4. The van der Waals surface area contributed by atoms with Gasteiger partial charge in [-0.2, -0.15) is 0 Å². The minimum Gasteiger partial charge on any atom is -0.378 e. The Balaban J connectivity index is 1.43. The molecular weight excluding hydrogens is 412 g/mol. The summed E-state index contributed by atoms with van der Waals surface area (Å²) in [5.74, 6) is -0.0653. The molecule has 1 N–H and O–H groups in total. The lowest BCUT2D eigenvalue weighted by Crippen LogP contribution is -2.40. The monoisotopic (exact) mass is 436 g/mol. The summed E-state index contributed by atoms with van der Waals surface area (Å²) in [4.78, 5) is 14.6. The molecule has 7 heteroatoms. The fraction of sp³-hybridized carbons (Fsp3) is 0.208. The van der Waals surface area contributed by atoms with Crippen molar-refractivity contribution in [3.63, 3.8) is 0 Å². The number of morpholine rings is 1. The maximum atomic E-state index is 12.7. The van der Waals surface area contributed by atoms with Gasteiger partial charge in [-0.3, -0.25) is 4.79 Å². The first-order valence-corrected chi connectivity index (χ1v) is 11.6. The van der Waals surface area contributed by atoms with E-state index in [1.165, 1.54) is 0 Å². The molecule has 1 saturated heterocycles. The predicted octanol–water partition coefficient (Wildman–Crippen LogP) is 3.30. The van der Waals surface area contributed by atoms with Crippen molar-refractivity contribution in [2.24, 2.45) is 0 Å². The first kappa shape index (κ1) is 21.2. The molecule has 160 valence electrons. The van der Waals surface area contributed by atoms with Gasteiger partial charge in [0, 0.05) is 25.2 Å². The number of nitrogens with one attached hydrogen (secondary N) is 1. The van der Waals surface area contributed by atoms with Gasteiger partial charge in [0.05, 0.1) is 18.1 Å². The molecule has 6 nitrogen and oxygen atoms in total. The average molecular weight is 437 g/mol. The molecule has 1 aliphatic heterocycles. The molecule has 4 rings (SSSR count). The van der Waals surface area contributed by atoms with Crippen LogP contribution in [0.1, 0.15) is 15.9 Å². The zero-order chi connectivity index (χ0) is 21.7. The topological polar surface area (TPSA) is 75.7 Å². The molecule has 31 heavy (non-hydrogen) atoms. The van der Waals surface area contributed by atoms with E-state index < -0.39 is 10.0 Å². The van der Waals surface area contributed by atoms with Gasteiger partial charge in [-0.1, -0.05) is 54.6 Å². The van der Waals surface area contributed by atoms with Crippen molar-refractivity contribution in [2.45, 2.75) is 11.4 Å². The second kappa shape index (κ2) is 9.43. The zero-order valence-corrected chi connectivity index (χ0v) is 17.8. The number of benzene rings is 3. The Labute approximate surface area is 182 Å². The standard InChI is InChI=1S/C24H24N2O4S/c27-24(26-13-15-30-16-14-26)22-8-4-5-19(17-22)18-25-31(28,29)23-11-9-21(10-12-23)20-6-2-1-3-7-20/h1-12,17,25H,13-16,18H2. The van der Waals surface area contributed by atoms with E-state index >= 15 is 0 Å². The van der Waals surface area contributed by atoms with E-state index in [2.05, 4.69) is 4.72 Å². The minimum atomic E-state index is -3.67. The molecule has 0 unspecified atom stereocenters. The van der Waals surface area contributed by atoms with Crippen molar-refractivity contribution >= 4 is 15.9 Å². The highest BCUT2D eigenvalue weighted by atomic mass is 32.2. The second-order valence-electron chi connectivity index (χ2n) is 7.32. The third-order valence-corrected chi connectivity index (χ3v) is 6.63. The smallest absolute Gasteiger partial charge is 0.254 e. The van der Waals surface area contributed by atoms with E-state index in [1.807, 2.05) is 30.3 Å². The van der Waals surface area contributed by atoms with E-state index in [4.69, 9.17) is 4.74 Å². The van der Waals surface area contributed by atoms with Crippen molar-refractivity contribution in [3.05, 3.63) is 90.0 Å². The Kier molecular flexibility index (Phi) is 6.46. The molecule has 3 aromatic carbocycles. The SMILES string of the molecule is O=C(c1cccc(CNS(=O)(=O)c2ccc(-c3ccccc3)cc2)c1)N1CCOCC1.